The third-order valence-electron chi connectivity index (χ3n) is 3.87. The smallest absolute Gasteiger partial charge is 0.306 e. The van der Waals surface area contributed by atoms with E-state index < -0.39 is 18.2 Å². The van der Waals surface area contributed by atoms with Gasteiger partial charge in [0.1, 0.15) is 5.75 Å². The van der Waals surface area contributed by atoms with Crippen molar-refractivity contribution in [3.8, 4) is 5.75 Å². The molecule has 0 aliphatic carbocycles. The number of carboxylic acids is 1. The molecule has 0 fully saturated rings. The molecule has 0 unspecified atom stereocenters. The summed E-state index contributed by atoms with van der Waals surface area (Å²) in [7, 11) is 1.47. The zero-order chi connectivity index (χ0) is 19.1. The van der Waals surface area contributed by atoms with Crippen LogP contribution in [0.5, 0.6) is 5.75 Å². The van der Waals surface area contributed by atoms with Crippen LogP contribution in [0.2, 0.25) is 0 Å². The lowest BCUT2D eigenvalue weighted by Crippen LogP contribution is -2.30. The zero-order valence-corrected chi connectivity index (χ0v) is 15.1. The van der Waals surface area contributed by atoms with Crippen LogP contribution < -0.4 is 10.1 Å². The van der Waals surface area contributed by atoms with Gasteiger partial charge in [-0.2, -0.15) is 0 Å². The number of aliphatic carboxylic acids is 1. The van der Waals surface area contributed by atoms with E-state index in [4.69, 9.17) is 14.6 Å². The molecule has 138 valence electrons. The highest BCUT2D eigenvalue weighted by molar-refractivity contribution is 5.94. The minimum Gasteiger partial charge on any atom is -0.481 e. The molecule has 6 nitrogen and oxygen atoms in total. The number of carbonyl (C=O) groups excluding carboxylic acids is 1. The maximum Gasteiger partial charge on any atom is 0.306 e. The van der Waals surface area contributed by atoms with Crippen molar-refractivity contribution < 1.29 is 24.2 Å². The van der Waals surface area contributed by atoms with Crippen LogP contribution in [0.1, 0.15) is 30.6 Å². The first kappa shape index (κ1) is 19.5. The fourth-order valence-corrected chi connectivity index (χ4v) is 2.47. The summed E-state index contributed by atoms with van der Waals surface area (Å²) in [5, 5.41) is 11.7. The molecule has 2 atom stereocenters. The second-order valence-corrected chi connectivity index (χ2v) is 6.01. The average Bonchev–Trinajstić information content (AvgIpc) is 2.60. The molecule has 2 N–H and O–H groups in total. The molecule has 0 aliphatic rings. The molecule has 2 rings (SSSR count). The van der Waals surface area contributed by atoms with Crippen molar-refractivity contribution in [3.63, 3.8) is 0 Å². The van der Waals surface area contributed by atoms with Crippen molar-refractivity contribution in [3.05, 3.63) is 59.7 Å². The predicted molar refractivity (Wildman–Crippen MR) is 98.3 cm³/mol. The molecular formula is C20H23NO5. The summed E-state index contributed by atoms with van der Waals surface area (Å²) in [6, 6.07) is 14.4. The number of carboxylic acid groups (broad SMARTS) is 1. The SMILES string of the molecule is CO[C@@H](CC(=O)O)c1ccc(NC(=O)[C@H](C)Oc2cccc(C)c2)cc1. The summed E-state index contributed by atoms with van der Waals surface area (Å²) in [4.78, 5) is 23.1. The molecule has 6 heteroatoms. The van der Waals surface area contributed by atoms with Crippen molar-refractivity contribution in [1.82, 2.24) is 0 Å². The Bertz CT molecular complexity index is 757. The molecule has 0 spiro atoms. The fourth-order valence-electron chi connectivity index (χ4n) is 2.47. The van der Waals surface area contributed by atoms with Crippen LogP contribution in [0.25, 0.3) is 0 Å². The summed E-state index contributed by atoms with van der Waals surface area (Å²) in [6.07, 6.45) is -1.31. The van der Waals surface area contributed by atoms with Crippen LogP contribution in [-0.2, 0) is 14.3 Å². The number of rotatable bonds is 8. The van der Waals surface area contributed by atoms with Gasteiger partial charge in [-0.3, -0.25) is 9.59 Å². The average molecular weight is 357 g/mol. The van der Waals surface area contributed by atoms with Crippen molar-refractivity contribution in [2.75, 3.05) is 12.4 Å². The number of hydrogen-bond donors (Lipinski definition) is 2. The number of amides is 1. The Morgan fingerprint density at radius 2 is 1.85 bits per heavy atom. The molecule has 0 aromatic heterocycles. The van der Waals surface area contributed by atoms with Crippen molar-refractivity contribution >= 4 is 17.6 Å². The van der Waals surface area contributed by atoms with E-state index in [1.165, 1.54) is 7.11 Å². The molecule has 2 aromatic carbocycles. The maximum absolute atomic E-state index is 12.3. The summed E-state index contributed by atoms with van der Waals surface area (Å²) in [6.45, 7) is 3.64. The largest absolute Gasteiger partial charge is 0.481 e. The van der Waals surface area contributed by atoms with Crippen LogP contribution >= 0.6 is 0 Å². The van der Waals surface area contributed by atoms with Crippen LogP contribution in [0.15, 0.2) is 48.5 Å². The Kier molecular flexibility index (Phi) is 6.74. The van der Waals surface area contributed by atoms with Crippen LogP contribution in [-0.4, -0.2) is 30.2 Å². The second kappa shape index (κ2) is 9.01. The Labute approximate surface area is 152 Å². The third-order valence-corrected chi connectivity index (χ3v) is 3.87. The summed E-state index contributed by atoms with van der Waals surface area (Å²) in [5.74, 6) is -0.566. The van der Waals surface area contributed by atoms with E-state index in [0.717, 1.165) is 11.1 Å². The first-order chi connectivity index (χ1) is 12.4. The van der Waals surface area contributed by atoms with E-state index in [1.807, 2.05) is 25.1 Å². The molecule has 2 aromatic rings. The Balaban J connectivity index is 1.97. The number of methoxy groups -OCH3 is 1. The van der Waals surface area contributed by atoms with Gasteiger partial charge in [-0.1, -0.05) is 24.3 Å². The highest BCUT2D eigenvalue weighted by atomic mass is 16.5. The number of hydrogen-bond acceptors (Lipinski definition) is 4. The van der Waals surface area contributed by atoms with E-state index in [2.05, 4.69) is 5.32 Å². The van der Waals surface area contributed by atoms with Gasteiger partial charge in [0.2, 0.25) is 0 Å². The topological polar surface area (TPSA) is 84.9 Å². The second-order valence-electron chi connectivity index (χ2n) is 6.01. The maximum atomic E-state index is 12.3. The molecule has 0 heterocycles. The van der Waals surface area contributed by atoms with E-state index in [-0.39, 0.29) is 12.3 Å². The minimum absolute atomic E-state index is 0.121. The number of nitrogens with one attached hydrogen (secondary N) is 1. The van der Waals surface area contributed by atoms with Gasteiger partial charge in [-0.15, -0.1) is 0 Å². The zero-order valence-electron chi connectivity index (χ0n) is 15.1. The van der Waals surface area contributed by atoms with Crippen LogP contribution in [0.4, 0.5) is 5.69 Å². The molecule has 0 saturated heterocycles. The minimum atomic E-state index is -0.934. The Hall–Kier alpha value is -2.86. The van der Waals surface area contributed by atoms with Gasteiger partial charge in [-0.25, -0.2) is 0 Å². The Morgan fingerprint density at radius 3 is 2.42 bits per heavy atom. The first-order valence-electron chi connectivity index (χ1n) is 8.27. The first-order valence-corrected chi connectivity index (χ1v) is 8.27. The van der Waals surface area contributed by atoms with E-state index in [1.54, 1.807) is 37.3 Å². The standard InChI is InChI=1S/C20H23NO5/c1-13-5-4-6-17(11-13)26-14(2)20(24)21-16-9-7-15(8-10-16)18(25-3)12-19(22)23/h4-11,14,18H,12H2,1-3H3,(H,21,24)(H,22,23)/t14-,18-/m0/s1. The normalized spacial score (nSPS) is 12.9. The molecule has 1 amide bonds. The number of carbonyl (C=O) groups is 2. The fraction of sp³-hybridized carbons (Fsp3) is 0.300. The number of anilines is 1. The lowest BCUT2D eigenvalue weighted by atomic mass is 10.1. The van der Waals surface area contributed by atoms with Crippen molar-refractivity contribution in [2.24, 2.45) is 0 Å². The molecular weight excluding hydrogens is 334 g/mol. The molecule has 0 saturated carbocycles. The van der Waals surface area contributed by atoms with Gasteiger partial charge in [0.05, 0.1) is 12.5 Å². The molecule has 0 bridgehead atoms. The van der Waals surface area contributed by atoms with Gasteiger partial charge in [0.25, 0.3) is 5.91 Å². The highest BCUT2D eigenvalue weighted by Gasteiger charge is 2.17. The number of aryl methyl sites for hydroxylation is 1. The van der Waals surface area contributed by atoms with Crippen molar-refractivity contribution in [2.45, 2.75) is 32.5 Å². The summed E-state index contributed by atoms with van der Waals surface area (Å²) >= 11 is 0. The molecule has 26 heavy (non-hydrogen) atoms. The summed E-state index contributed by atoms with van der Waals surface area (Å²) in [5.41, 5.74) is 2.39. The quantitative estimate of drug-likeness (QED) is 0.754. The van der Waals surface area contributed by atoms with Gasteiger partial charge in [0.15, 0.2) is 6.10 Å². The van der Waals surface area contributed by atoms with Crippen LogP contribution in [0, 0.1) is 6.92 Å². The number of benzene rings is 2. The highest BCUT2D eigenvalue weighted by Crippen LogP contribution is 2.22. The van der Waals surface area contributed by atoms with E-state index >= 15 is 0 Å². The molecule has 0 radical (unpaired) electrons. The monoisotopic (exact) mass is 357 g/mol. The third kappa shape index (κ3) is 5.60. The lowest BCUT2D eigenvalue weighted by molar-refractivity contribution is -0.139. The van der Waals surface area contributed by atoms with Gasteiger partial charge in [-0.05, 0) is 49.2 Å². The Morgan fingerprint density at radius 1 is 1.15 bits per heavy atom. The van der Waals surface area contributed by atoms with E-state index in [0.29, 0.717) is 11.4 Å². The summed E-state index contributed by atoms with van der Waals surface area (Å²) < 4.78 is 10.8. The van der Waals surface area contributed by atoms with Crippen molar-refractivity contribution in [1.29, 1.82) is 0 Å². The molecule has 0 aliphatic heterocycles. The van der Waals surface area contributed by atoms with Gasteiger partial charge >= 0.3 is 5.97 Å². The van der Waals surface area contributed by atoms with Gasteiger partial charge in [0, 0.05) is 12.8 Å². The predicted octanol–water partition coefficient (Wildman–Crippen LogP) is 3.56. The lowest BCUT2D eigenvalue weighted by Gasteiger charge is -2.16. The van der Waals surface area contributed by atoms with E-state index in [9.17, 15) is 9.59 Å². The van der Waals surface area contributed by atoms with Crippen LogP contribution in [0.3, 0.4) is 0 Å². The number of ether oxygens (including phenoxy) is 2. The van der Waals surface area contributed by atoms with Gasteiger partial charge < -0.3 is 19.9 Å².